The smallest absolute Gasteiger partial charge is 0.238 e. The summed E-state index contributed by atoms with van der Waals surface area (Å²) in [5.74, 6) is 2.53. The van der Waals surface area contributed by atoms with Crippen LogP contribution in [0.3, 0.4) is 0 Å². The average molecular weight is 823 g/mol. The Balaban J connectivity index is 1.21. The van der Waals surface area contributed by atoms with Gasteiger partial charge in [-0.05, 0) is 92.3 Å². The van der Waals surface area contributed by atoms with E-state index in [1.807, 2.05) is 0 Å². The van der Waals surface area contributed by atoms with Crippen molar-refractivity contribution in [2.45, 2.75) is 38.5 Å². The molecule has 3 aliphatic carbocycles. The number of rotatable bonds is 4. The molecule has 4 nitrogen and oxygen atoms in total. The van der Waals surface area contributed by atoms with E-state index in [1.54, 1.807) is 0 Å². The zero-order valence-electron chi connectivity index (χ0n) is 36.4. The zero-order chi connectivity index (χ0) is 42.9. The number of hydrogen-bond donors (Lipinski definition) is 0. The van der Waals surface area contributed by atoms with E-state index >= 15 is 0 Å². The summed E-state index contributed by atoms with van der Waals surface area (Å²) >= 11 is 0. The first-order valence-corrected chi connectivity index (χ1v) is 22.8. The van der Waals surface area contributed by atoms with Crippen LogP contribution in [0, 0.1) is 17.8 Å². The van der Waals surface area contributed by atoms with Gasteiger partial charge >= 0.3 is 0 Å². The molecule has 0 radical (unpaired) electrons. The molecule has 0 spiro atoms. The van der Waals surface area contributed by atoms with E-state index in [0.717, 1.165) is 44.5 Å². The molecule has 7 aromatic carbocycles. The summed E-state index contributed by atoms with van der Waals surface area (Å²) < 4.78 is 2.34. The van der Waals surface area contributed by atoms with E-state index in [2.05, 4.69) is 220 Å². The SMILES string of the molecule is CC1C=CC2(C)C3=C1C(C)C1=C(C3C)C(c3ccccc3)(c3ccc4c5ccc(-c6ccccc6)cc5n(c4c3)-c3nc(-c4cccc(-c5ccccc5)c4)nc2n3)c2ccccc21. The molecule has 0 saturated heterocycles. The van der Waals surface area contributed by atoms with Crippen molar-refractivity contribution in [3.05, 3.63) is 233 Å². The molecule has 5 unspecified atom stereocenters. The summed E-state index contributed by atoms with van der Waals surface area (Å²) in [6.45, 7) is 9.69. The first kappa shape index (κ1) is 37.2. The summed E-state index contributed by atoms with van der Waals surface area (Å²) in [5, 5.41) is 2.33. The third kappa shape index (κ3) is 4.97. The maximum Gasteiger partial charge on any atom is 0.238 e. The van der Waals surface area contributed by atoms with Crippen molar-refractivity contribution in [3.63, 3.8) is 0 Å². The quantitative estimate of drug-likeness (QED) is 0.166. The minimum Gasteiger partial charge on any atom is -0.278 e. The second-order valence-corrected chi connectivity index (χ2v) is 18.5. The number of nitrogens with zero attached hydrogens (tertiary/aromatic N) is 4. The Hall–Kier alpha value is -7.43. The normalized spacial score (nSPS) is 22.8. The molecule has 2 aromatic heterocycles. The highest BCUT2D eigenvalue weighted by atomic mass is 15.2. The summed E-state index contributed by atoms with van der Waals surface area (Å²) in [6, 6.07) is 64.6. The largest absolute Gasteiger partial charge is 0.278 e. The van der Waals surface area contributed by atoms with Gasteiger partial charge in [-0.25, -0.2) is 4.98 Å². The van der Waals surface area contributed by atoms with Gasteiger partial charge in [0.1, 0.15) is 5.82 Å². The maximum absolute atomic E-state index is 5.71. The Kier molecular flexibility index (Phi) is 7.86. The lowest BCUT2D eigenvalue weighted by Gasteiger charge is -2.48. The van der Waals surface area contributed by atoms with Crippen LogP contribution in [0.5, 0.6) is 0 Å². The van der Waals surface area contributed by atoms with Crippen molar-refractivity contribution in [1.29, 1.82) is 0 Å². The van der Waals surface area contributed by atoms with Gasteiger partial charge in [-0.15, -0.1) is 0 Å². The molecule has 9 aromatic rings. The molecule has 1 aliphatic heterocycles. The van der Waals surface area contributed by atoms with Gasteiger partial charge in [-0.1, -0.05) is 196 Å². The lowest BCUT2D eigenvalue weighted by molar-refractivity contribution is 0.480. The first-order valence-electron chi connectivity index (χ1n) is 22.8. The number of aromatic nitrogens is 4. The standard InChI is InChI=1S/C60H46N4/c1-36-31-32-59(4)54-38(3)55-53(37(2)52(36)54)48-25-14-15-26-49(48)60(55,44-23-12-7-13-24-44)45-28-30-47-46-29-27-42(40-19-10-6-11-20-40)34-50(46)64(51(47)35-45)58-62-56(61-57(59)63-58)43-22-16-21-41(33-43)39-17-8-5-9-18-39/h5-38H,1-4H3. The molecular weight excluding hydrogens is 777 g/mol. The van der Waals surface area contributed by atoms with E-state index < -0.39 is 10.8 Å². The molecule has 3 heterocycles. The Morgan fingerprint density at radius 2 is 1.12 bits per heavy atom. The van der Waals surface area contributed by atoms with Crippen molar-refractivity contribution in [2.75, 3.05) is 0 Å². The summed E-state index contributed by atoms with van der Waals surface area (Å²) in [7, 11) is 0. The number of fused-ring (bicyclic) bond motifs is 12. The summed E-state index contributed by atoms with van der Waals surface area (Å²) in [4.78, 5) is 16.9. The van der Waals surface area contributed by atoms with Crippen LogP contribution >= 0.6 is 0 Å². The average Bonchev–Trinajstić information content (AvgIpc) is 3.85. The van der Waals surface area contributed by atoms with Gasteiger partial charge in [0.25, 0.3) is 0 Å². The third-order valence-electron chi connectivity index (χ3n) is 15.2. The number of allylic oxidation sites excluding steroid dienone is 6. The van der Waals surface area contributed by atoms with Crippen molar-refractivity contribution in [2.24, 2.45) is 17.8 Å². The van der Waals surface area contributed by atoms with E-state index in [9.17, 15) is 0 Å². The molecule has 0 fully saturated rings. The lowest BCUT2D eigenvalue weighted by Crippen LogP contribution is -2.42. The van der Waals surface area contributed by atoms with Crippen LogP contribution < -0.4 is 0 Å². The van der Waals surface area contributed by atoms with Gasteiger partial charge in [0.05, 0.1) is 21.9 Å². The van der Waals surface area contributed by atoms with Gasteiger partial charge in [0.15, 0.2) is 5.82 Å². The minimum absolute atomic E-state index is 0.0608. The van der Waals surface area contributed by atoms with Crippen molar-refractivity contribution >= 4 is 27.4 Å². The summed E-state index contributed by atoms with van der Waals surface area (Å²) in [5.41, 5.74) is 17.6. The fourth-order valence-electron chi connectivity index (χ4n) is 12.5. The fraction of sp³-hybridized carbons (Fsp3) is 0.150. The molecule has 0 amide bonds. The molecule has 0 saturated carbocycles. The van der Waals surface area contributed by atoms with Gasteiger partial charge < -0.3 is 0 Å². The monoisotopic (exact) mass is 822 g/mol. The fourth-order valence-corrected chi connectivity index (χ4v) is 12.5. The van der Waals surface area contributed by atoms with Crippen LogP contribution in [0.2, 0.25) is 0 Å². The molecular formula is C60H46N4. The van der Waals surface area contributed by atoms with Crippen molar-refractivity contribution < 1.29 is 0 Å². The Morgan fingerprint density at radius 1 is 0.500 bits per heavy atom. The molecule has 64 heavy (non-hydrogen) atoms. The third-order valence-corrected chi connectivity index (χ3v) is 15.2. The predicted molar refractivity (Wildman–Crippen MR) is 261 cm³/mol. The van der Waals surface area contributed by atoms with Crippen molar-refractivity contribution in [3.8, 4) is 39.6 Å². The van der Waals surface area contributed by atoms with Crippen molar-refractivity contribution in [1.82, 2.24) is 19.5 Å². The Morgan fingerprint density at radius 3 is 1.88 bits per heavy atom. The number of benzene rings is 7. The van der Waals surface area contributed by atoms with Crippen LogP contribution in [0.1, 0.15) is 55.8 Å². The molecule has 4 aliphatic rings. The van der Waals surface area contributed by atoms with Crippen LogP contribution in [-0.2, 0) is 10.8 Å². The van der Waals surface area contributed by atoms with Gasteiger partial charge in [0, 0.05) is 28.2 Å². The number of hydrogen-bond acceptors (Lipinski definition) is 3. The highest BCUT2D eigenvalue weighted by Gasteiger charge is 2.56. The second-order valence-electron chi connectivity index (χ2n) is 18.5. The molecule has 6 bridgehead atoms. The summed E-state index contributed by atoms with van der Waals surface area (Å²) in [6.07, 6.45) is 4.84. The van der Waals surface area contributed by atoms with E-state index in [0.29, 0.717) is 11.8 Å². The Bertz CT molecular complexity index is 3500. The minimum atomic E-state index is -0.640. The highest BCUT2D eigenvalue weighted by Crippen LogP contribution is 2.65. The highest BCUT2D eigenvalue weighted by molar-refractivity contribution is 6.10. The first-order chi connectivity index (χ1) is 31.3. The van der Waals surface area contributed by atoms with Gasteiger partial charge in [-0.3, -0.25) is 4.57 Å². The Labute approximate surface area is 374 Å². The van der Waals surface area contributed by atoms with Gasteiger partial charge in [-0.2, -0.15) is 9.97 Å². The van der Waals surface area contributed by atoms with Crippen LogP contribution in [0.25, 0.3) is 67.0 Å². The van der Waals surface area contributed by atoms with E-state index in [-0.39, 0.29) is 17.8 Å². The van der Waals surface area contributed by atoms with Crippen LogP contribution in [0.15, 0.2) is 205 Å². The van der Waals surface area contributed by atoms with Crippen LogP contribution in [0.4, 0.5) is 0 Å². The molecule has 4 heteroatoms. The second kappa shape index (κ2) is 13.5. The topological polar surface area (TPSA) is 43.6 Å². The molecule has 0 N–H and O–H groups in total. The zero-order valence-corrected chi connectivity index (χ0v) is 36.4. The predicted octanol–water partition coefficient (Wildman–Crippen LogP) is 14.1. The molecule has 13 rings (SSSR count). The molecule has 5 atom stereocenters. The van der Waals surface area contributed by atoms with E-state index in [1.165, 1.54) is 55.5 Å². The lowest BCUT2D eigenvalue weighted by atomic mass is 9.55. The van der Waals surface area contributed by atoms with E-state index in [4.69, 9.17) is 15.0 Å². The maximum atomic E-state index is 5.71. The van der Waals surface area contributed by atoms with Crippen LogP contribution in [-0.4, -0.2) is 19.5 Å². The molecule has 306 valence electrons. The van der Waals surface area contributed by atoms with Gasteiger partial charge in [0.2, 0.25) is 5.95 Å².